The lowest BCUT2D eigenvalue weighted by atomic mass is 10.1. The van der Waals surface area contributed by atoms with Gasteiger partial charge < -0.3 is 5.73 Å². The highest BCUT2D eigenvalue weighted by molar-refractivity contribution is 9.10. The van der Waals surface area contributed by atoms with Crippen LogP contribution in [-0.2, 0) is 7.05 Å². The molecule has 0 spiro atoms. The van der Waals surface area contributed by atoms with Crippen LogP contribution in [0.3, 0.4) is 0 Å². The number of hydrogen-bond donors (Lipinski definition) is 1. The zero-order chi connectivity index (χ0) is 20.1. The van der Waals surface area contributed by atoms with Gasteiger partial charge in [0.25, 0.3) is 0 Å². The number of nitrogens with zero attached hydrogens (tertiary/aromatic N) is 5. The Kier molecular flexibility index (Phi) is 3.95. The first-order chi connectivity index (χ1) is 14.0. The molecule has 3 aromatic heterocycles. The number of para-hydroxylation sites is 1. The molecule has 0 fully saturated rings. The van der Waals surface area contributed by atoms with E-state index in [0.717, 1.165) is 26.8 Å². The zero-order valence-corrected chi connectivity index (χ0v) is 17.0. The SMILES string of the molecule is Cn1c(N)c2cc3c(-c4ccc(Br)cc4)nn(-c4ccccc4)c3nc2nc1=O. The predicted molar refractivity (Wildman–Crippen MR) is 117 cm³/mol. The van der Waals surface area contributed by atoms with Gasteiger partial charge in [-0.3, -0.25) is 4.57 Å². The first-order valence-corrected chi connectivity index (χ1v) is 9.69. The highest BCUT2D eigenvalue weighted by atomic mass is 79.9. The zero-order valence-electron chi connectivity index (χ0n) is 15.4. The van der Waals surface area contributed by atoms with Gasteiger partial charge in [-0.15, -0.1) is 0 Å². The normalized spacial score (nSPS) is 11.4. The largest absolute Gasteiger partial charge is 0.384 e. The Morgan fingerprint density at radius 3 is 2.41 bits per heavy atom. The van der Waals surface area contributed by atoms with E-state index in [9.17, 15) is 4.79 Å². The van der Waals surface area contributed by atoms with Gasteiger partial charge in [-0.05, 0) is 30.3 Å². The molecule has 0 aliphatic rings. The Morgan fingerprint density at radius 2 is 1.69 bits per heavy atom. The van der Waals surface area contributed by atoms with Gasteiger partial charge >= 0.3 is 5.69 Å². The molecule has 8 heteroatoms. The molecule has 0 bridgehead atoms. The maximum absolute atomic E-state index is 12.1. The second-order valence-corrected chi connectivity index (χ2v) is 7.59. The van der Waals surface area contributed by atoms with Crippen molar-refractivity contribution in [2.45, 2.75) is 0 Å². The fourth-order valence-corrected chi connectivity index (χ4v) is 3.59. The lowest BCUT2D eigenvalue weighted by Crippen LogP contribution is -2.23. The smallest absolute Gasteiger partial charge is 0.350 e. The minimum Gasteiger partial charge on any atom is -0.384 e. The van der Waals surface area contributed by atoms with Crippen LogP contribution >= 0.6 is 15.9 Å². The molecule has 7 nitrogen and oxygen atoms in total. The summed E-state index contributed by atoms with van der Waals surface area (Å²) in [4.78, 5) is 20.9. The van der Waals surface area contributed by atoms with Crippen molar-refractivity contribution in [3.63, 3.8) is 0 Å². The number of rotatable bonds is 2. The standard InChI is InChI=1S/C21H15BrN6O/c1-27-18(23)16-11-15-17(12-7-9-13(22)10-8-12)26-28(14-5-3-2-4-6-14)20(15)24-19(16)25-21(27)29/h2-11H,23H2,1H3. The van der Waals surface area contributed by atoms with E-state index in [1.165, 1.54) is 4.57 Å². The number of pyridine rings is 1. The fourth-order valence-electron chi connectivity index (χ4n) is 3.32. The summed E-state index contributed by atoms with van der Waals surface area (Å²) in [5, 5.41) is 6.29. The molecular weight excluding hydrogens is 432 g/mol. The summed E-state index contributed by atoms with van der Waals surface area (Å²) >= 11 is 3.47. The Morgan fingerprint density at radius 1 is 0.966 bits per heavy atom. The summed E-state index contributed by atoms with van der Waals surface area (Å²) in [7, 11) is 1.59. The van der Waals surface area contributed by atoms with Crippen LogP contribution in [0.25, 0.3) is 39.0 Å². The summed E-state index contributed by atoms with van der Waals surface area (Å²) in [6, 6.07) is 19.6. The molecule has 0 amide bonds. The van der Waals surface area contributed by atoms with Gasteiger partial charge in [0.15, 0.2) is 11.3 Å². The van der Waals surface area contributed by atoms with Gasteiger partial charge in [0, 0.05) is 22.5 Å². The summed E-state index contributed by atoms with van der Waals surface area (Å²) in [5.41, 5.74) is 9.25. The molecule has 0 aliphatic heterocycles. The van der Waals surface area contributed by atoms with Crippen molar-refractivity contribution in [3.05, 3.63) is 75.6 Å². The molecule has 0 radical (unpaired) electrons. The van der Waals surface area contributed by atoms with E-state index >= 15 is 0 Å². The van der Waals surface area contributed by atoms with E-state index in [0.29, 0.717) is 22.5 Å². The monoisotopic (exact) mass is 446 g/mol. The van der Waals surface area contributed by atoms with Crippen LogP contribution in [0.5, 0.6) is 0 Å². The predicted octanol–water partition coefficient (Wildman–Crippen LogP) is 3.68. The second kappa shape index (κ2) is 6.52. The molecule has 3 heterocycles. The summed E-state index contributed by atoms with van der Waals surface area (Å²) in [6.45, 7) is 0. The van der Waals surface area contributed by atoms with Crippen molar-refractivity contribution < 1.29 is 0 Å². The van der Waals surface area contributed by atoms with Crippen LogP contribution in [0.4, 0.5) is 5.82 Å². The topological polar surface area (TPSA) is 91.6 Å². The molecule has 5 aromatic rings. The van der Waals surface area contributed by atoms with Crippen LogP contribution in [0.1, 0.15) is 0 Å². The van der Waals surface area contributed by atoms with Gasteiger partial charge in [0.2, 0.25) is 0 Å². The molecule has 142 valence electrons. The molecule has 5 rings (SSSR count). The molecule has 0 unspecified atom stereocenters. The maximum Gasteiger partial charge on any atom is 0.350 e. The molecule has 0 saturated carbocycles. The van der Waals surface area contributed by atoms with E-state index < -0.39 is 5.69 Å². The van der Waals surface area contributed by atoms with Crippen molar-refractivity contribution in [1.82, 2.24) is 24.3 Å². The summed E-state index contributed by atoms with van der Waals surface area (Å²) < 4.78 is 4.07. The highest BCUT2D eigenvalue weighted by Crippen LogP contribution is 2.32. The molecule has 0 aliphatic carbocycles. The third-order valence-electron chi connectivity index (χ3n) is 4.88. The number of nitrogen functional groups attached to an aromatic ring is 1. The number of aromatic nitrogens is 5. The Balaban J connectivity index is 1.91. The molecule has 0 atom stereocenters. The molecule has 29 heavy (non-hydrogen) atoms. The Labute approximate surface area is 173 Å². The fraction of sp³-hybridized carbons (Fsp3) is 0.0476. The van der Waals surface area contributed by atoms with E-state index in [1.54, 1.807) is 11.7 Å². The average molecular weight is 447 g/mol. The van der Waals surface area contributed by atoms with Gasteiger partial charge in [-0.2, -0.15) is 10.1 Å². The maximum atomic E-state index is 12.1. The summed E-state index contributed by atoms with van der Waals surface area (Å²) in [5.74, 6) is 0.323. The van der Waals surface area contributed by atoms with Crippen molar-refractivity contribution >= 4 is 43.8 Å². The lowest BCUT2D eigenvalue weighted by molar-refractivity contribution is 0.835. The average Bonchev–Trinajstić information content (AvgIpc) is 3.11. The number of anilines is 1. The summed E-state index contributed by atoms with van der Waals surface area (Å²) in [6.07, 6.45) is 0. The third kappa shape index (κ3) is 2.80. The minimum atomic E-state index is -0.444. The number of benzene rings is 2. The first kappa shape index (κ1) is 17.6. The van der Waals surface area contributed by atoms with E-state index in [1.807, 2.05) is 60.7 Å². The Bertz CT molecular complexity index is 1440. The van der Waals surface area contributed by atoms with Gasteiger partial charge in [-0.25, -0.2) is 14.5 Å². The van der Waals surface area contributed by atoms with Crippen molar-refractivity contribution in [3.8, 4) is 16.9 Å². The first-order valence-electron chi connectivity index (χ1n) is 8.90. The van der Waals surface area contributed by atoms with E-state index in [2.05, 4.69) is 25.9 Å². The van der Waals surface area contributed by atoms with Crippen LogP contribution in [-0.4, -0.2) is 24.3 Å². The minimum absolute atomic E-state index is 0.303. The molecule has 2 N–H and O–H groups in total. The number of halogens is 1. The van der Waals surface area contributed by atoms with E-state index in [4.69, 9.17) is 10.8 Å². The van der Waals surface area contributed by atoms with Crippen molar-refractivity contribution in [1.29, 1.82) is 0 Å². The number of fused-ring (bicyclic) bond motifs is 2. The van der Waals surface area contributed by atoms with Crippen LogP contribution in [0.15, 0.2) is 69.9 Å². The van der Waals surface area contributed by atoms with Gasteiger partial charge in [-0.1, -0.05) is 46.3 Å². The van der Waals surface area contributed by atoms with Crippen molar-refractivity contribution in [2.24, 2.45) is 7.05 Å². The Hall–Kier alpha value is -3.52. The molecule has 0 saturated heterocycles. The van der Waals surface area contributed by atoms with Gasteiger partial charge in [0.05, 0.1) is 11.1 Å². The number of nitrogens with two attached hydrogens (primary N) is 1. The lowest BCUT2D eigenvalue weighted by Gasteiger charge is -2.07. The van der Waals surface area contributed by atoms with Crippen LogP contribution in [0.2, 0.25) is 0 Å². The number of hydrogen-bond acceptors (Lipinski definition) is 5. The van der Waals surface area contributed by atoms with Crippen LogP contribution < -0.4 is 11.4 Å². The van der Waals surface area contributed by atoms with Crippen molar-refractivity contribution in [2.75, 3.05) is 5.73 Å². The van der Waals surface area contributed by atoms with Gasteiger partial charge in [0.1, 0.15) is 11.5 Å². The molecular formula is C21H15BrN6O. The third-order valence-corrected chi connectivity index (χ3v) is 5.41. The van der Waals surface area contributed by atoms with Crippen LogP contribution in [0, 0.1) is 0 Å². The highest BCUT2D eigenvalue weighted by Gasteiger charge is 2.18. The second-order valence-electron chi connectivity index (χ2n) is 6.67. The molecule has 2 aromatic carbocycles. The quantitative estimate of drug-likeness (QED) is 0.446. The van der Waals surface area contributed by atoms with E-state index in [-0.39, 0.29) is 0 Å².